The second kappa shape index (κ2) is 4.67. The Morgan fingerprint density at radius 1 is 1.11 bits per heavy atom. The van der Waals surface area contributed by atoms with Gasteiger partial charge in [-0.1, -0.05) is 18.2 Å². The topological polar surface area (TPSA) is 93.3 Å². The number of hydrogen-bond donors (Lipinski definition) is 2. The van der Waals surface area contributed by atoms with E-state index < -0.39 is 11.9 Å². The molecule has 0 fully saturated rings. The molecule has 0 aliphatic carbocycles. The van der Waals surface area contributed by atoms with Crippen LogP contribution in [0.1, 0.15) is 20.8 Å². The van der Waals surface area contributed by atoms with Crippen LogP contribution in [-0.4, -0.2) is 22.0 Å². The summed E-state index contributed by atoms with van der Waals surface area (Å²) in [6, 6.07) is 11.2. The molecule has 1 aromatic heterocycles. The van der Waals surface area contributed by atoms with Crippen molar-refractivity contribution in [2.75, 3.05) is 0 Å². The molecule has 0 aliphatic heterocycles. The van der Waals surface area contributed by atoms with E-state index in [0.717, 1.165) is 0 Å². The summed E-state index contributed by atoms with van der Waals surface area (Å²) in [5.74, 6) is -1.63. The molecule has 0 aliphatic rings. The summed E-state index contributed by atoms with van der Waals surface area (Å²) in [6.45, 7) is 0. The van der Waals surface area contributed by atoms with Crippen LogP contribution < -0.4 is 5.73 Å². The standard InChI is InChI=1S/C13H10N2O3/c14-12(16)11-6-2-5-10(15-11)8-3-1-4-9(7-8)13(17)18/h1-7H,(H2,14,16)(H,17,18). The third kappa shape index (κ3) is 2.35. The maximum atomic E-state index is 11.0. The highest BCUT2D eigenvalue weighted by atomic mass is 16.4. The van der Waals surface area contributed by atoms with Gasteiger partial charge in [0.05, 0.1) is 11.3 Å². The largest absolute Gasteiger partial charge is 0.478 e. The Morgan fingerprint density at radius 2 is 1.83 bits per heavy atom. The molecule has 2 aromatic rings. The Bertz CT molecular complexity index is 568. The fraction of sp³-hybridized carbons (Fsp3) is 0. The Hall–Kier alpha value is -2.69. The summed E-state index contributed by atoms with van der Waals surface area (Å²) in [6.07, 6.45) is 0. The van der Waals surface area contributed by atoms with E-state index in [2.05, 4.69) is 4.98 Å². The first-order valence-corrected chi connectivity index (χ1v) is 5.18. The number of carboxylic acid groups (broad SMARTS) is 1. The average molecular weight is 242 g/mol. The first kappa shape index (κ1) is 11.8. The van der Waals surface area contributed by atoms with Crippen molar-refractivity contribution in [2.45, 2.75) is 0 Å². The van der Waals surface area contributed by atoms with Gasteiger partial charge in [0.1, 0.15) is 5.69 Å². The number of carboxylic acids is 1. The van der Waals surface area contributed by atoms with Crippen molar-refractivity contribution in [2.24, 2.45) is 5.73 Å². The quantitative estimate of drug-likeness (QED) is 0.853. The molecule has 1 aromatic carbocycles. The molecular formula is C13H10N2O3. The zero-order valence-corrected chi connectivity index (χ0v) is 9.33. The average Bonchev–Trinajstić information content (AvgIpc) is 2.39. The van der Waals surface area contributed by atoms with Gasteiger partial charge in [0.25, 0.3) is 5.91 Å². The molecule has 2 rings (SSSR count). The highest BCUT2D eigenvalue weighted by Crippen LogP contribution is 2.18. The van der Waals surface area contributed by atoms with Crippen LogP contribution in [0.2, 0.25) is 0 Å². The first-order chi connectivity index (χ1) is 8.58. The molecule has 18 heavy (non-hydrogen) atoms. The molecule has 5 nitrogen and oxygen atoms in total. The number of amides is 1. The van der Waals surface area contributed by atoms with E-state index in [1.54, 1.807) is 24.3 Å². The van der Waals surface area contributed by atoms with Crippen LogP contribution >= 0.6 is 0 Å². The minimum atomic E-state index is -1.01. The van der Waals surface area contributed by atoms with Crippen LogP contribution in [-0.2, 0) is 0 Å². The molecule has 0 saturated heterocycles. The minimum absolute atomic E-state index is 0.147. The monoisotopic (exact) mass is 242 g/mol. The summed E-state index contributed by atoms with van der Waals surface area (Å²) in [5.41, 5.74) is 6.59. The molecule has 1 amide bonds. The first-order valence-electron chi connectivity index (χ1n) is 5.18. The SMILES string of the molecule is NC(=O)c1cccc(-c2cccc(C(=O)O)c2)n1. The van der Waals surface area contributed by atoms with Gasteiger partial charge in [0.2, 0.25) is 0 Å². The highest BCUT2D eigenvalue weighted by Gasteiger charge is 2.07. The lowest BCUT2D eigenvalue weighted by Crippen LogP contribution is -2.13. The third-order valence-electron chi connectivity index (χ3n) is 2.41. The molecule has 5 heteroatoms. The molecule has 1 heterocycles. The highest BCUT2D eigenvalue weighted by molar-refractivity contribution is 5.92. The molecular weight excluding hydrogens is 232 g/mol. The third-order valence-corrected chi connectivity index (χ3v) is 2.41. The van der Waals surface area contributed by atoms with Crippen molar-refractivity contribution < 1.29 is 14.7 Å². The Kier molecular flexibility index (Phi) is 3.05. The van der Waals surface area contributed by atoms with Crippen LogP contribution in [0.15, 0.2) is 42.5 Å². The molecule has 3 N–H and O–H groups in total. The number of nitrogens with two attached hydrogens (primary N) is 1. The van der Waals surface area contributed by atoms with Crippen molar-refractivity contribution in [3.63, 3.8) is 0 Å². The summed E-state index contributed by atoms with van der Waals surface area (Å²) >= 11 is 0. The number of aromatic nitrogens is 1. The van der Waals surface area contributed by atoms with E-state index in [1.807, 2.05) is 0 Å². The fourth-order valence-corrected chi connectivity index (χ4v) is 1.54. The van der Waals surface area contributed by atoms with Crippen molar-refractivity contribution >= 4 is 11.9 Å². The van der Waals surface area contributed by atoms with Gasteiger partial charge < -0.3 is 10.8 Å². The number of benzene rings is 1. The zero-order valence-electron chi connectivity index (χ0n) is 9.33. The minimum Gasteiger partial charge on any atom is -0.478 e. The molecule has 0 unspecified atom stereocenters. The Morgan fingerprint density at radius 3 is 2.50 bits per heavy atom. The van der Waals surface area contributed by atoms with Gasteiger partial charge in [-0.15, -0.1) is 0 Å². The van der Waals surface area contributed by atoms with Crippen LogP contribution in [0.3, 0.4) is 0 Å². The number of rotatable bonds is 3. The molecule has 0 saturated carbocycles. The number of carbonyl (C=O) groups is 2. The second-order valence-electron chi connectivity index (χ2n) is 3.66. The number of nitrogens with zero attached hydrogens (tertiary/aromatic N) is 1. The van der Waals surface area contributed by atoms with E-state index in [1.165, 1.54) is 18.2 Å². The molecule has 0 bridgehead atoms. The summed E-state index contributed by atoms with van der Waals surface area (Å²) in [5, 5.41) is 8.90. The predicted molar refractivity (Wildman–Crippen MR) is 65.2 cm³/mol. The number of carbonyl (C=O) groups excluding carboxylic acids is 1. The summed E-state index contributed by atoms with van der Waals surface area (Å²) in [7, 11) is 0. The Labute approximate surface area is 103 Å². The van der Waals surface area contributed by atoms with Crippen LogP contribution in [0.5, 0.6) is 0 Å². The van der Waals surface area contributed by atoms with Gasteiger partial charge in [-0.3, -0.25) is 4.79 Å². The van der Waals surface area contributed by atoms with Crippen LogP contribution in [0, 0.1) is 0 Å². The lowest BCUT2D eigenvalue weighted by molar-refractivity contribution is 0.0696. The van der Waals surface area contributed by atoms with Gasteiger partial charge in [0.15, 0.2) is 0 Å². The van der Waals surface area contributed by atoms with Gasteiger partial charge in [-0.25, -0.2) is 9.78 Å². The summed E-state index contributed by atoms with van der Waals surface area (Å²) < 4.78 is 0. The molecule has 0 atom stereocenters. The maximum Gasteiger partial charge on any atom is 0.335 e. The normalized spacial score (nSPS) is 10.0. The van der Waals surface area contributed by atoms with Crippen molar-refractivity contribution in [1.29, 1.82) is 0 Å². The smallest absolute Gasteiger partial charge is 0.335 e. The van der Waals surface area contributed by atoms with E-state index >= 15 is 0 Å². The molecule has 0 spiro atoms. The van der Waals surface area contributed by atoms with Crippen molar-refractivity contribution in [3.05, 3.63) is 53.7 Å². The van der Waals surface area contributed by atoms with Crippen LogP contribution in [0.4, 0.5) is 0 Å². The molecule has 0 radical (unpaired) electrons. The Balaban J connectivity index is 2.48. The van der Waals surface area contributed by atoms with Gasteiger partial charge >= 0.3 is 5.97 Å². The second-order valence-corrected chi connectivity index (χ2v) is 3.66. The van der Waals surface area contributed by atoms with Crippen molar-refractivity contribution in [3.8, 4) is 11.3 Å². The van der Waals surface area contributed by atoms with E-state index in [9.17, 15) is 9.59 Å². The number of aromatic carboxylic acids is 1. The van der Waals surface area contributed by atoms with Gasteiger partial charge in [-0.2, -0.15) is 0 Å². The number of pyridine rings is 1. The summed E-state index contributed by atoms with van der Waals surface area (Å²) in [4.78, 5) is 26.0. The predicted octanol–water partition coefficient (Wildman–Crippen LogP) is 1.55. The maximum absolute atomic E-state index is 11.0. The van der Waals surface area contributed by atoms with Crippen molar-refractivity contribution in [1.82, 2.24) is 4.98 Å². The zero-order chi connectivity index (χ0) is 13.1. The van der Waals surface area contributed by atoms with Crippen LogP contribution in [0.25, 0.3) is 11.3 Å². The van der Waals surface area contributed by atoms with Gasteiger partial charge in [-0.05, 0) is 24.3 Å². The molecule has 90 valence electrons. The lowest BCUT2D eigenvalue weighted by atomic mass is 10.1. The number of hydrogen-bond acceptors (Lipinski definition) is 3. The lowest BCUT2D eigenvalue weighted by Gasteiger charge is -2.03. The fourth-order valence-electron chi connectivity index (χ4n) is 1.54. The van der Waals surface area contributed by atoms with E-state index in [0.29, 0.717) is 11.3 Å². The van der Waals surface area contributed by atoms with E-state index in [-0.39, 0.29) is 11.3 Å². The van der Waals surface area contributed by atoms with E-state index in [4.69, 9.17) is 10.8 Å². The van der Waals surface area contributed by atoms with Gasteiger partial charge in [0, 0.05) is 5.56 Å². The number of primary amides is 1.